The van der Waals surface area contributed by atoms with Crippen molar-refractivity contribution in [2.24, 2.45) is 0 Å². The summed E-state index contributed by atoms with van der Waals surface area (Å²) in [4.78, 5) is 0.952. The highest BCUT2D eigenvalue weighted by Gasteiger charge is 2.59. The molecular weight excluding hydrogens is 353 g/mol. The van der Waals surface area contributed by atoms with E-state index < -0.39 is 17.4 Å². The highest BCUT2D eigenvalue weighted by atomic mass is 32.3. The molecule has 1 unspecified atom stereocenters. The molecule has 8 heteroatoms. The van der Waals surface area contributed by atoms with E-state index in [2.05, 4.69) is 24.3 Å². The zero-order valence-electron chi connectivity index (χ0n) is 14.0. The Bertz CT molecular complexity index is 718. The summed E-state index contributed by atoms with van der Waals surface area (Å²) in [6.07, 6.45) is 1.01. The smallest absolute Gasteiger partial charge is 0.418 e. The summed E-state index contributed by atoms with van der Waals surface area (Å²) in [6, 6.07) is 20.3. The van der Waals surface area contributed by atoms with Crippen LogP contribution in [0.5, 0.6) is 0 Å². The Morgan fingerprint density at radius 1 is 0.920 bits per heavy atom. The Balaban J connectivity index is 0.000000399. The van der Waals surface area contributed by atoms with Gasteiger partial charge in [0.1, 0.15) is 0 Å². The van der Waals surface area contributed by atoms with Crippen LogP contribution >= 0.6 is 0 Å². The van der Waals surface area contributed by atoms with Gasteiger partial charge in [0, 0.05) is 26.4 Å². The molecule has 0 aliphatic heterocycles. The SMILES string of the molecule is CN(C)[S+](=O)(c1ccccc1)[C@H]1C[C@@H]1c1ccccc1.F[B-](F)(F)F. The van der Waals surface area contributed by atoms with Crippen molar-refractivity contribution in [3.8, 4) is 0 Å². The third-order valence-corrected chi connectivity index (χ3v) is 7.37. The van der Waals surface area contributed by atoms with Gasteiger partial charge in [0.2, 0.25) is 0 Å². The van der Waals surface area contributed by atoms with Crippen molar-refractivity contribution in [2.75, 3.05) is 14.1 Å². The topological polar surface area (TPSA) is 20.3 Å². The highest BCUT2D eigenvalue weighted by molar-refractivity contribution is 8.01. The molecule has 2 nitrogen and oxygen atoms in total. The second kappa shape index (κ2) is 7.70. The number of hydrogen-bond donors (Lipinski definition) is 0. The number of halogens is 4. The minimum absolute atomic E-state index is 0.224. The summed E-state index contributed by atoms with van der Waals surface area (Å²) in [6.45, 7) is 0. The maximum atomic E-state index is 13.6. The molecule has 0 N–H and O–H groups in total. The monoisotopic (exact) mass is 373 g/mol. The second-order valence-corrected chi connectivity index (χ2v) is 8.92. The van der Waals surface area contributed by atoms with Gasteiger partial charge in [0.15, 0.2) is 20.3 Å². The third-order valence-electron chi connectivity index (χ3n) is 3.99. The summed E-state index contributed by atoms with van der Waals surface area (Å²) < 4.78 is 54.5. The average Bonchev–Trinajstić information content (AvgIpc) is 3.35. The van der Waals surface area contributed by atoms with Crippen LogP contribution < -0.4 is 0 Å². The van der Waals surface area contributed by atoms with E-state index in [-0.39, 0.29) is 5.25 Å². The maximum absolute atomic E-state index is 13.6. The molecule has 25 heavy (non-hydrogen) atoms. The Morgan fingerprint density at radius 2 is 1.36 bits per heavy atom. The fourth-order valence-electron chi connectivity index (χ4n) is 2.85. The standard InChI is InChI=1S/C17H20NOS.BF4/c1-18(2)20(19,15-11-7-4-8-12-15)17-13-16(17)14-9-5-3-6-10-14;2-1(3,4)5/h3-12,16-17H,13H2,1-2H3;/q+1;-1/t16-,17+,20?;/m1./s1. The predicted octanol–water partition coefficient (Wildman–Crippen LogP) is 4.88. The number of hydrogen-bond acceptors (Lipinski definition) is 1. The van der Waals surface area contributed by atoms with Crippen molar-refractivity contribution < 1.29 is 21.5 Å². The van der Waals surface area contributed by atoms with Crippen LogP contribution in [0.4, 0.5) is 17.3 Å². The third kappa shape index (κ3) is 5.15. The Kier molecular flexibility index (Phi) is 6.05. The van der Waals surface area contributed by atoms with Crippen LogP contribution in [0.1, 0.15) is 17.9 Å². The molecule has 0 spiro atoms. The van der Waals surface area contributed by atoms with Gasteiger partial charge < -0.3 is 17.3 Å². The van der Waals surface area contributed by atoms with E-state index in [1.165, 1.54) is 5.56 Å². The fraction of sp³-hybridized carbons (Fsp3) is 0.294. The van der Waals surface area contributed by atoms with E-state index in [0.29, 0.717) is 5.92 Å². The quantitative estimate of drug-likeness (QED) is 0.425. The van der Waals surface area contributed by atoms with Crippen molar-refractivity contribution in [3.05, 3.63) is 66.2 Å². The molecule has 0 bridgehead atoms. The molecule has 1 aliphatic carbocycles. The van der Waals surface area contributed by atoms with E-state index in [1.807, 2.05) is 54.8 Å². The molecule has 1 aliphatic rings. The van der Waals surface area contributed by atoms with Crippen molar-refractivity contribution in [3.63, 3.8) is 0 Å². The van der Waals surface area contributed by atoms with Crippen LogP contribution in [0.15, 0.2) is 65.6 Å². The van der Waals surface area contributed by atoms with Gasteiger partial charge >= 0.3 is 7.25 Å². The van der Waals surface area contributed by atoms with E-state index in [1.54, 1.807) is 0 Å². The number of benzene rings is 2. The lowest BCUT2D eigenvalue weighted by atomic mass is 10.1. The molecule has 0 amide bonds. The molecule has 2 aromatic carbocycles. The molecule has 1 fully saturated rings. The largest absolute Gasteiger partial charge is 0.673 e. The summed E-state index contributed by atoms with van der Waals surface area (Å²) in [7, 11) is -4.30. The predicted molar refractivity (Wildman–Crippen MR) is 94.2 cm³/mol. The molecule has 0 radical (unpaired) electrons. The van der Waals surface area contributed by atoms with E-state index >= 15 is 0 Å². The van der Waals surface area contributed by atoms with Gasteiger partial charge in [-0.2, -0.15) is 0 Å². The number of rotatable bonds is 4. The van der Waals surface area contributed by atoms with Crippen LogP contribution in [0.2, 0.25) is 0 Å². The van der Waals surface area contributed by atoms with Crippen LogP contribution in [0.3, 0.4) is 0 Å². The minimum atomic E-state index is -6.00. The normalized spacial score (nSPS) is 21.9. The molecule has 3 rings (SSSR count). The molecule has 0 heterocycles. The van der Waals surface area contributed by atoms with Crippen LogP contribution in [-0.2, 0) is 14.3 Å². The summed E-state index contributed by atoms with van der Waals surface area (Å²) in [5, 5.41) is 0.224. The van der Waals surface area contributed by atoms with Gasteiger partial charge in [-0.25, -0.2) is 0 Å². The summed E-state index contributed by atoms with van der Waals surface area (Å²) in [5.41, 5.74) is 1.31. The lowest BCUT2D eigenvalue weighted by molar-refractivity contribution is 0.368. The molecule has 2 aromatic rings. The Hall–Kier alpha value is -1.67. The van der Waals surface area contributed by atoms with E-state index in [0.717, 1.165) is 11.3 Å². The van der Waals surface area contributed by atoms with Crippen LogP contribution in [0, 0.1) is 0 Å². The minimum Gasteiger partial charge on any atom is -0.418 e. The van der Waals surface area contributed by atoms with E-state index in [9.17, 15) is 21.5 Å². The highest BCUT2D eigenvalue weighted by Crippen LogP contribution is 2.51. The fourth-order valence-corrected chi connectivity index (χ4v) is 5.78. The maximum Gasteiger partial charge on any atom is 0.673 e. The summed E-state index contributed by atoms with van der Waals surface area (Å²) >= 11 is 0. The van der Waals surface area contributed by atoms with Crippen molar-refractivity contribution in [2.45, 2.75) is 22.5 Å². The first-order valence-electron chi connectivity index (χ1n) is 7.82. The Labute approximate surface area is 146 Å². The molecule has 136 valence electrons. The number of nitrogens with zero attached hydrogens (tertiary/aromatic N) is 1. The van der Waals surface area contributed by atoms with Gasteiger partial charge in [-0.05, 0) is 17.7 Å². The van der Waals surface area contributed by atoms with E-state index in [4.69, 9.17) is 0 Å². The first-order valence-corrected chi connectivity index (χ1v) is 9.39. The molecule has 0 aromatic heterocycles. The molecule has 1 saturated carbocycles. The van der Waals surface area contributed by atoms with Crippen LogP contribution in [-0.4, -0.2) is 30.9 Å². The van der Waals surface area contributed by atoms with Crippen molar-refractivity contribution in [1.82, 2.24) is 4.31 Å². The van der Waals surface area contributed by atoms with Gasteiger partial charge in [-0.1, -0.05) is 52.7 Å². The van der Waals surface area contributed by atoms with Gasteiger partial charge in [-0.15, -0.1) is 4.31 Å². The van der Waals surface area contributed by atoms with Gasteiger partial charge in [0.25, 0.3) is 0 Å². The van der Waals surface area contributed by atoms with Gasteiger partial charge in [-0.3, -0.25) is 0 Å². The molecule has 0 saturated heterocycles. The van der Waals surface area contributed by atoms with Crippen molar-refractivity contribution in [1.29, 1.82) is 0 Å². The average molecular weight is 373 g/mol. The zero-order chi connectivity index (χ0) is 18.7. The zero-order valence-corrected chi connectivity index (χ0v) is 14.8. The van der Waals surface area contributed by atoms with Gasteiger partial charge in [0.05, 0.1) is 0 Å². The first kappa shape index (κ1) is 19.7. The Morgan fingerprint density at radius 3 is 1.80 bits per heavy atom. The molecule has 3 atom stereocenters. The van der Waals surface area contributed by atoms with Crippen molar-refractivity contribution >= 4 is 17.4 Å². The lowest BCUT2D eigenvalue weighted by Gasteiger charge is -2.18. The second-order valence-electron chi connectivity index (χ2n) is 5.98. The summed E-state index contributed by atoms with van der Waals surface area (Å²) in [5.74, 6) is 0.423. The lowest BCUT2D eigenvalue weighted by Crippen LogP contribution is -2.34. The van der Waals surface area contributed by atoms with Crippen LogP contribution in [0.25, 0.3) is 0 Å². The first-order chi connectivity index (χ1) is 11.6. The molecular formula is C17H20BF4NOS.